The molecule has 6 nitrogen and oxygen atoms in total. The number of rotatable bonds is 9. The average Bonchev–Trinajstić information content (AvgIpc) is 3.44. The molecule has 2 N–H and O–H groups in total. The van der Waals surface area contributed by atoms with Crippen LogP contribution in [0.3, 0.4) is 0 Å². The van der Waals surface area contributed by atoms with Gasteiger partial charge in [0.05, 0.1) is 11.4 Å². The minimum absolute atomic E-state index is 0.108. The van der Waals surface area contributed by atoms with Crippen LogP contribution in [0.15, 0.2) is 23.1 Å². The highest BCUT2D eigenvalue weighted by atomic mass is 32.2. The second kappa shape index (κ2) is 8.50. The first-order chi connectivity index (χ1) is 12.2. The van der Waals surface area contributed by atoms with Crippen LogP contribution >= 0.6 is 0 Å². The van der Waals surface area contributed by atoms with E-state index in [1.54, 1.807) is 19.1 Å². The summed E-state index contributed by atoms with van der Waals surface area (Å²) in [4.78, 5) is 15.0. The molecule has 0 spiro atoms. The first-order valence-electron chi connectivity index (χ1n) is 9.29. The smallest absolute Gasteiger partial charge is 0.240 e. The van der Waals surface area contributed by atoms with Gasteiger partial charge < -0.3 is 5.32 Å². The van der Waals surface area contributed by atoms with E-state index in [0.717, 1.165) is 19.3 Å². The van der Waals surface area contributed by atoms with Crippen LogP contribution in [-0.2, 0) is 14.8 Å². The highest BCUT2D eigenvalue weighted by Gasteiger charge is 2.34. The molecule has 2 atom stereocenters. The van der Waals surface area contributed by atoms with Crippen LogP contribution in [0, 0.1) is 12.8 Å². The number of anilines is 1. The van der Waals surface area contributed by atoms with Gasteiger partial charge in [0.15, 0.2) is 0 Å². The molecule has 1 amide bonds. The zero-order valence-electron chi connectivity index (χ0n) is 16.4. The summed E-state index contributed by atoms with van der Waals surface area (Å²) in [7, 11) is -2.17. The highest BCUT2D eigenvalue weighted by Crippen LogP contribution is 2.31. The summed E-state index contributed by atoms with van der Waals surface area (Å²) in [6.07, 6.45) is 3.36. The molecule has 2 rings (SSSR count). The lowest BCUT2D eigenvalue weighted by molar-refractivity contribution is -0.118. The van der Waals surface area contributed by atoms with Gasteiger partial charge in [0.2, 0.25) is 15.9 Å². The van der Waals surface area contributed by atoms with Gasteiger partial charge in [-0.1, -0.05) is 26.3 Å². The molecule has 0 aliphatic heterocycles. The first-order valence-corrected chi connectivity index (χ1v) is 10.8. The van der Waals surface area contributed by atoms with E-state index in [-0.39, 0.29) is 10.8 Å². The predicted octanol–water partition coefficient (Wildman–Crippen LogP) is 2.74. The van der Waals surface area contributed by atoms with Gasteiger partial charge in [-0.2, -0.15) is 0 Å². The molecular formula is C19H31N3O3S. The van der Waals surface area contributed by atoms with E-state index in [1.165, 1.54) is 13.1 Å². The van der Waals surface area contributed by atoms with Crippen molar-refractivity contribution in [1.29, 1.82) is 0 Å². The number of aryl methyl sites for hydroxylation is 1. The third-order valence-corrected chi connectivity index (χ3v) is 6.92. The van der Waals surface area contributed by atoms with Crippen LogP contribution in [0.1, 0.15) is 45.6 Å². The molecule has 0 saturated heterocycles. The molecule has 0 bridgehead atoms. The van der Waals surface area contributed by atoms with Crippen molar-refractivity contribution < 1.29 is 13.2 Å². The molecule has 1 aliphatic rings. The lowest BCUT2D eigenvalue weighted by Crippen LogP contribution is -2.43. The Morgan fingerprint density at radius 3 is 2.50 bits per heavy atom. The largest absolute Gasteiger partial charge is 0.325 e. The van der Waals surface area contributed by atoms with E-state index < -0.39 is 10.0 Å². The second-order valence-corrected chi connectivity index (χ2v) is 9.12. The minimum atomic E-state index is -3.55. The maximum absolute atomic E-state index is 12.6. The van der Waals surface area contributed by atoms with Crippen LogP contribution in [0.5, 0.6) is 0 Å². The van der Waals surface area contributed by atoms with Crippen molar-refractivity contribution in [3.05, 3.63) is 23.8 Å². The molecule has 0 heterocycles. The van der Waals surface area contributed by atoms with E-state index in [0.29, 0.717) is 35.8 Å². The van der Waals surface area contributed by atoms with E-state index in [1.807, 2.05) is 0 Å². The fourth-order valence-corrected chi connectivity index (χ4v) is 4.12. The molecule has 146 valence electrons. The topological polar surface area (TPSA) is 78.5 Å². The number of carbonyl (C=O) groups excluding carboxylic acids is 1. The molecule has 26 heavy (non-hydrogen) atoms. The van der Waals surface area contributed by atoms with Gasteiger partial charge in [-0.05, 0) is 57.4 Å². The number of hydrogen-bond donors (Lipinski definition) is 2. The quantitative estimate of drug-likeness (QED) is 0.689. The van der Waals surface area contributed by atoms with Crippen LogP contribution in [0.4, 0.5) is 5.69 Å². The van der Waals surface area contributed by atoms with Crippen LogP contribution < -0.4 is 10.0 Å². The van der Waals surface area contributed by atoms with E-state index in [9.17, 15) is 13.2 Å². The van der Waals surface area contributed by atoms with Crippen molar-refractivity contribution in [2.75, 3.05) is 18.9 Å². The summed E-state index contributed by atoms with van der Waals surface area (Å²) in [6.45, 7) is 8.63. The van der Waals surface area contributed by atoms with Gasteiger partial charge in [-0.25, -0.2) is 13.1 Å². The van der Waals surface area contributed by atoms with E-state index in [2.05, 4.69) is 35.7 Å². The van der Waals surface area contributed by atoms with Crippen molar-refractivity contribution in [2.24, 2.45) is 5.92 Å². The zero-order chi connectivity index (χ0) is 19.5. The predicted molar refractivity (Wildman–Crippen MR) is 105 cm³/mol. The Labute approximate surface area is 157 Å². The van der Waals surface area contributed by atoms with Crippen molar-refractivity contribution in [3.8, 4) is 0 Å². The van der Waals surface area contributed by atoms with Crippen LogP contribution in [0.2, 0.25) is 0 Å². The van der Waals surface area contributed by atoms with Crippen molar-refractivity contribution in [2.45, 2.75) is 63.9 Å². The third kappa shape index (κ3) is 5.05. The van der Waals surface area contributed by atoms with Gasteiger partial charge >= 0.3 is 0 Å². The molecule has 1 aromatic rings. The molecule has 0 aromatic heterocycles. The number of carbonyl (C=O) groups is 1. The number of sulfonamides is 1. The van der Waals surface area contributed by atoms with Gasteiger partial charge in [-0.15, -0.1) is 0 Å². The Morgan fingerprint density at radius 1 is 1.31 bits per heavy atom. The number of benzene rings is 1. The minimum Gasteiger partial charge on any atom is -0.325 e. The number of nitrogens with one attached hydrogen (secondary N) is 2. The molecule has 0 radical (unpaired) electrons. The Morgan fingerprint density at radius 2 is 1.96 bits per heavy atom. The van der Waals surface area contributed by atoms with Crippen molar-refractivity contribution in [1.82, 2.24) is 9.62 Å². The number of amides is 1. The molecule has 1 saturated carbocycles. The Kier molecular flexibility index (Phi) is 6.82. The second-order valence-electron chi connectivity index (χ2n) is 7.27. The summed E-state index contributed by atoms with van der Waals surface area (Å²) in [6, 6.07) is 5.79. The zero-order valence-corrected chi connectivity index (χ0v) is 17.2. The Hall–Kier alpha value is -1.44. The van der Waals surface area contributed by atoms with Crippen LogP contribution in [0.25, 0.3) is 0 Å². The first kappa shape index (κ1) is 20.9. The molecule has 2 unspecified atom stereocenters. The Balaban J connectivity index is 2.10. The van der Waals surface area contributed by atoms with Crippen molar-refractivity contribution >= 4 is 21.6 Å². The molecule has 1 aromatic carbocycles. The molecular weight excluding hydrogens is 350 g/mol. The molecule has 7 heteroatoms. The van der Waals surface area contributed by atoms with E-state index in [4.69, 9.17) is 0 Å². The summed E-state index contributed by atoms with van der Waals surface area (Å²) in [5, 5.41) is 2.86. The summed E-state index contributed by atoms with van der Waals surface area (Å²) < 4.78 is 26.5. The van der Waals surface area contributed by atoms with Gasteiger partial charge in [-0.3, -0.25) is 9.69 Å². The lowest BCUT2D eigenvalue weighted by atomic mass is 9.99. The SMILES string of the molecule is CCC(C)C(C)N(CC(=O)Nc1ccc(C)c(S(=O)(=O)NC)c1)C1CC1. The fourth-order valence-electron chi connectivity index (χ4n) is 3.12. The fraction of sp³-hybridized carbons (Fsp3) is 0.632. The van der Waals surface area contributed by atoms with Gasteiger partial charge in [0, 0.05) is 17.8 Å². The third-order valence-electron chi connectivity index (χ3n) is 5.36. The van der Waals surface area contributed by atoms with Crippen LogP contribution in [-0.4, -0.2) is 44.9 Å². The summed E-state index contributed by atoms with van der Waals surface area (Å²) >= 11 is 0. The molecule has 1 fully saturated rings. The van der Waals surface area contributed by atoms with Gasteiger partial charge in [0.1, 0.15) is 0 Å². The van der Waals surface area contributed by atoms with Crippen molar-refractivity contribution in [3.63, 3.8) is 0 Å². The monoisotopic (exact) mass is 381 g/mol. The Bertz CT molecular complexity index is 744. The maximum atomic E-state index is 12.6. The summed E-state index contributed by atoms with van der Waals surface area (Å²) in [5.41, 5.74) is 1.14. The lowest BCUT2D eigenvalue weighted by Gasteiger charge is -2.32. The van der Waals surface area contributed by atoms with E-state index >= 15 is 0 Å². The highest BCUT2D eigenvalue weighted by molar-refractivity contribution is 7.89. The standard InChI is InChI=1S/C19H31N3O3S/c1-6-13(2)15(4)22(17-9-10-17)12-19(23)21-16-8-7-14(3)18(11-16)26(24,25)20-5/h7-8,11,13,15,17,20H,6,9-10,12H2,1-5H3,(H,21,23). The molecule has 1 aliphatic carbocycles. The number of nitrogens with zero attached hydrogens (tertiary/aromatic N) is 1. The van der Waals surface area contributed by atoms with Gasteiger partial charge in [0.25, 0.3) is 0 Å². The summed E-state index contributed by atoms with van der Waals surface area (Å²) in [5.74, 6) is 0.416. The number of hydrogen-bond acceptors (Lipinski definition) is 4. The average molecular weight is 382 g/mol. The normalized spacial score (nSPS) is 17.2. The maximum Gasteiger partial charge on any atom is 0.240 e.